The predicted molar refractivity (Wildman–Crippen MR) is 113 cm³/mol. The number of benzene rings is 2. The number of nitrogens with zero attached hydrogens (tertiary/aromatic N) is 3. The van der Waals surface area contributed by atoms with Crippen LogP contribution >= 0.6 is 11.8 Å². The van der Waals surface area contributed by atoms with Gasteiger partial charge in [0.05, 0.1) is 0 Å². The van der Waals surface area contributed by atoms with Crippen LogP contribution in [0.1, 0.15) is 40.2 Å². The van der Waals surface area contributed by atoms with Crippen LogP contribution in [-0.4, -0.2) is 33.8 Å². The maximum absolute atomic E-state index is 12.6. The average Bonchev–Trinajstić information content (AvgIpc) is 3.46. The summed E-state index contributed by atoms with van der Waals surface area (Å²) in [4.78, 5) is 12.6. The van der Waals surface area contributed by atoms with E-state index < -0.39 is 0 Å². The lowest BCUT2D eigenvalue weighted by atomic mass is 10.1. The Labute approximate surface area is 174 Å². The third kappa shape index (κ3) is 4.68. The molecule has 1 aliphatic rings. The number of carbonyl (C=O) groups is 1. The van der Waals surface area contributed by atoms with E-state index in [0.717, 1.165) is 40.6 Å². The molecule has 0 bridgehead atoms. The number of aromatic nitrogens is 3. The van der Waals surface area contributed by atoms with Crippen LogP contribution < -0.4 is 5.32 Å². The van der Waals surface area contributed by atoms with Gasteiger partial charge in [-0.25, -0.2) is 0 Å². The second-order valence-electron chi connectivity index (χ2n) is 7.20. The highest BCUT2D eigenvalue weighted by Gasteiger charge is 2.25. The first kappa shape index (κ1) is 19.7. The molecule has 1 fully saturated rings. The number of rotatable bonds is 8. The van der Waals surface area contributed by atoms with Gasteiger partial charge in [-0.1, -0.05) is 47.7 Å². The normalized spacial score (nSPS) is 13.4. The molecule has 6 nitrogen and oxygen atoms in total. The summed E-state index contributed by atoms with van der Waals surface area (Å²) in [5.74, 6) is 1.38. The molecule has 1 N–H and O–H groups in total. The summed E-state index contributed by atoms with van der Waals surface area (Å²) in [6.07, 6.45) is 2.15. The Hall–Kier alpha value is -2.64. The smallest absolute Gasteiger partial charge is 0.251 e. The number of ether oxygens (including phenoxy) is 1. The first-order chi connectivity index (χ1) is 14.2. The van der Waals surface area contributed by atoms with Gasteiger partial charge in [0.1, 0.15) is 6.61 Å². The fraction of sp³-hybridized carbons (Fsp3) is 0.318. The van der Waals surface area contributed by atoms with Crippen LogP contribution in [0.15, 0.2) is 53.7 Å². The molecule has 4 rings (SSSR count). The number of methoxy groups -OCH3 is 1. The summed E-state index contributed by atoms with van der Waals surface area (Å²) in [5.41, 5.74) is 3.91. The molecule has 1 saturated carbocycles. The summed E-state index contributed by atoms with van der Waals surface area (Å²) in [5, 5.41) is 12.5. The van der Waals surface area contributed by atoms with Crippen molar-refractivity contribution in [2.24, 2.45) is 0 Å². The number of thioether (sulfide) groups is 1. The third-order valence-electron chi connectivity index (χ3n) is 4.80. The van der Waals surface area contributed by atoms with Crippen LogP contribution in [0.25, 0.3) is 5.69 Å². The highest BCUT2D eigenvalue weighted by atomic mass is 32.2. The monoisotopic (exact) mass is 408 g/mol. The minimum atomic E-state index is 0.00349. The Balaban J connectivity index is 1.57. The van der Waals surface area contributed by atoms with E-state index in [1.165, 1.54) is 5.56 Å². The van der Waals surface area contributed by atoms with Crippen LogP contribution in [-0.2, 0) is 17.1 Å². The number of amides is 1. The summed E-state index contributed by atoms with van der Waals surface area (Å²) >= 11 is 1.57. The lowest BCUT2D eigenvalue weighted by Gasteiger charge is -2.12. The summed E-state index contributed by atoms with van der Waals surface area (Å²) in [6.45, 7) is 2.44. The Morgan fingerprint density at radius 3 is 2.66 bits per heavy atom. The van der Waals surface area contributed by atoms with Crippen LogP contribution in [0.4, 0.5) is 0 Å². The predicted octanol–water partition coefficient (Wildman–Crippen LogP) is 3.91. The fourth-order valence-electron chi connectivity index (χ4n) is 3.07. The highest BCUT2D eigenvalue weighted by molar-refractivity contribution is 7.98. The maximum atomic E-state index is 12.6. The lowest BCUT2D eigenvalue weighted by Crippen LogP contribution is -2.26. The Kier molecular flexibility index (Phi) is 5.97. The Bertz CT molecular complexity index is 996. The van der Waals surface area contributed by atoms with Gasteiger partial charge in [-0.3, -0.25) is 9.36 Å². The molecular weight excluding hydrogens is 384 g/mol. The van der Waals surface area contributed by atoms with Gasteiger partial charge in [-0.05, 0) is 43.5 Å². The van der Waals surface area contributed by atoms with Crippen molar-refractivity contribution in [2.75, 3.05) is 7.11 Å². The molecule has 7 heteroatoms. The summed E-state index contributed by atoms with van der Waals surface area (Å²) < 4.78 is 7.31. The average molecular weight is 409 g/mol. The zero-order valence-corrected chi connectivity index (χ0v) is 17.4. The number of nitrogens with one attached hydrogen (secondary N) is 1. The van der Waals surface area contributed by atoms with Crippen molar-refractivity contribution in [1.82, 2.24) is 20.1 Å². The van der Waals surface area contributed by atoms with Crippen molar-refractivity contribution < 1.29 is 9.53 Å². The number of carbonyl (C=O) groups excluding carboxylic acids is 1. The minimum Gasteiger partial charge on any atom is -0.377 e. The molecule has 1 aliphatic carbocycles. The van der Waals surface area contributed by atoms with E-state index >= 15 is 0 Å². The molecule has 2 aromatic carbocycles. The quantitative estimate of drug-likeness (QED) is 0.573. The maximum Gasteiger partial charge on any atom is 0.251 e. The van der Waals surface area contributed by atoms with E-state index in [1.807, 2.05) is 28.8 Å². The number of aryl methyl sites for hydroxylation is 1. The molecule has 3 aromatic rings. The second kappa shape index (κ2) is 8.80. The molecule has 0 aliphatic heterocycles. The van der Waals surface area contributed by atoms with E-state index in [9.17, 15) is 4.79 Å². The zero-order chi connectivity index (χ0) is 20.2. The fourth-order valence-corrected chi connectivity index (χ4v) is 4.05. The Morgan fingerprint density at radius 2 is 1.93 bits per heavy atom. The minimum absolute atomic E-state index is 0.00349. The molecular formula is C22H24N4O2S. The largest absolute Gasteiger partial charge is 0.377 e. The van der Waals surface area contributed by atoms with Gasteiger partial charge in [0.15, 0.2) is 11.0 Å². The van der Waals surface area contributed by atoms with Gasteiger partial charge in [-0.15, -0.1) is 10.2 Å². The van der Waals surface area contributed by atoms with Gasteiger partial charge in [0, 0.05) is 30.2 Å². The first-order valence-corrected chi connectivity index (χ1v) is 10.7. The van der Waals surface area contributed by atoms with Crippen molar-refractivity contribution >= 4 is 17.7 Å². The van der Waals surface area contributed by atoms with Crippen molar-refractivity contribution in [2.45, 2.75) is 43.3 Å². The van der Waals surface area contributed by atoms with Gasteiger partial charge in [-0.2, -0.15) is 0 Å². The van der Waals surface area contributed by atoms with Gasteiger partial charge in [0.25, 0.3) is 5.91 Å². The first-order valence-electron chi connectivity index (χ1n) is 9.67. The van der Waals surface area contributed by atoms with E-state index in [2.05, 4.69) is 46.7 Å². The van der Waals surface area contributed by atoms with Gasteiger partial charge in [0.2, 0.25) is 0 Å². The van der Waals surface area contributed by atoms with E-state index in [-0.39, 0.29) is 5.91 Å². The molecule has 1 heterocycles. The molecule has 1 amide bonds. The van der Waals surface area contributed by atoms with Crippen molar-refractivity contribution in [3.8, 4) is 5.69 Å². The van der Waals surface area contributed by atoms with E-state index in [0.29, 0.717) is 18.4 Å². The summed E-state index contributed by atoms with van der Waals surface area (Å²) in [6, 6.07) is 16.3. The van der Waals surface area contributed by atoms with Gasteiger partial charge < -0.3 is 10.1 Å². The molecule has 150 valence electrons. The molecule has 1 aromatic heterocycles. The van der Waals surface area contributed by atoms with Crippen LogP contribution in [0, 0.1) is 6.92 Å². The van der Waals surface area contributed by atoms with Crippen LogP contribution in [0.3, 0.4) is 0 Å². The van der Waals surface area contributed by atoms with Crippen LogP contribution in [0.2, 0.25) is 0 Å². The molecule has 0 saturated heterocycles. The Morgan fingerprint density at radius 1 is 1.17 bits per heavy atom. The van der Waals surface area contributed by atoms with Crippen molar-refractivity contribution in [1.29, 1.82) is 0 Å². The highest BCUT2D eigenvalue weighted by Crippen LogP contribution is 2.27. The van der Waals surface area contributed by atoms with E-state index in [4.69, 9.17) is 4.74 Å². The molecule has 0 radical (unpaired) electrons. The topological polar surface area (TPSA) is 69.0 Å². The molecule has 0 spiro atoms. The third-order valence-corrected chi connectivity index (χ3v) is 5.78. The lowest BCUT2D eigenvalue weighted by molar-refractivity contribution is 0.0950. The molecule has 0 unspecified atom stereocenters. The second-order valence-corrected chi connectivity index (χ2v) is 8.14. The number of hydrogen-bond donors (Lipinski definition) is 1. The van der Waals surface area contributed by atoms with Crippen LogP contribution in [0.5, 0.6) is 0 Å². The SMILES string of the molecule is COCc1nnc(SCc2ccccc2C(=O)NC2CC2)n1-c1ccc(C)cc1. The molecule has 29 heavy (non-hydrogen) atoms. The summed E-state index contributed by atoms with van der Waals surface area (Å²) in [7, 11) is 1.65. The number of hydrogen-bond acceptors (Lipinski definition) is 5. The molecule has 0 atom stereocenters. The zero-order valence-electron chi connectivity index (χ0n) is 16.6. The van der Waals surface area contributed by atoms with Crippen molar-refractivity contribution in [3.05, 3.63) is 71.0 Å². The standard InChI is InChI=1S/C22H24N4O2S/c1-15-7-11-18(12-8-15)26-20(13-28-2)24-25-22(26)29-14-16-5-3-4-6-19(16)21(27)23-17-9-10-17/h3-8,11-12,17H,9-10,13-14H2,1-2H3,(H,23,27). The van der Waals surface area contributed by atoms with Gasteiger partial charge >= 0.3 is 0 Å². The van der Waals surface area contributed by atoms with Crippen molar-refractivity contribution in [3.63, 3.8) is 0 Å². The van der Waals surface area contributed by atoms with E-state index in [1.54, 1.807) is 18.9 Å².